The molecule has 0 radical (unpaired) electrons. The number of aromatic nitrogens is 4. The zero-order valence-electron chi connectivity index (χ0n) is 6.77. The number of nitrogens with zero attached hydrogens (tertiary/aromatic N) is 4. The third-order valence-electron chi connectivity index (χ3n) is 1.73. The molecule has 0 aliphatic heterocycles. The summed E-state index contributed by atoms with van der Waals surface area (Å²) in [6.07, 6.45) is 1.24. The molecule has 1 N–H and O–H groups in total. The van der Waals surface area contributed by atoms with Gasteiger partial charge in [-0.1, -0.05) is 0 Å². The molecule has 6 nitrogen and oxygen atoms in total. The molecule has 0 aliphatic carbocycles. The molecule has 0 spiro atoms. The van der Waals surface area contributed by atoms with Crippen molar-refractivity contribution in [2.24, 2.45) is 0 Å². The van der Waals surface area contributed by atoms with E-state index >= 15 is 0 Å². The van der Waals surface area contributed by atoms with Gasteiger partial charge < -0.3 is 4.98 Å². The summed E-state index contributed by atoms with van der Waals surface area (Å²) < 4.78 is 1.16. The molecule has 0 saturated carbocycles. The van der Waals surface area contributed by atoms with Crippen LogP contribution in [0.2, 0.25) is 0 Å². The van der Waals surface area contributed by atoms with Gasteiger partial charge in [0.05, 0.1) is 5.69 Å². The van der Waals surface area contributed by atoms with E-state index in [1.165, 1.54) is 6.33 Å². The van der Waals surface area contributed by atoms with E-state index in [2.05, 4.69) is 15.2 Å². The Hall–Kier alpha value is -2.16. The zero-order valence-corrected chi connectivity index (χ0v) is 6.77. The summed E-state index contributed by atoms with van der Waals surface area (Å²) in [5.74, 6) is 0. The molecule has 0 fully saturated rings. The van der Waals surface area contributed by atoms with Gasteiger partial charge in [0, 0.05) is 0 Å². The van der Waals surface area contributed by atoms with Crippen LogP contribution in [0.15, 0.2) is 11.1 Å². The molecule has 6 heteroatoms. The monoisotopic (exact) mass is 175 g/mol. The Bertz CT molecular complexity index is 558. The fraction of sp³-hybridized carbons (Fsp3) is 0.143. The van der Waals surface area contributed by atoms with E-state index in [0.717, 1.165) is 4.63 Å². The predicted octanol–water partition coefficient (Wildman–Crippen LogP) is -0.402. The van der Waals surface area contributed by atoms with E-state index < -0.39 is 0 Å². The van der Waals surface area contributed by atoms with Gasteiger partial charge in [-0.15, -0.1) is 9.73 Å². The first-order valence-corrected chi connectivity index (χ1v) is 3.57. The lowest BCUT2D eigenvalue weighted by Gasteiger charge is -1.87. The number of fused-ring (bicyclic) bond motifs is 1. The molecule has 0 atom stereocenters. The van der Waals surface area contributed by atoms with E-state index in [4.69, 9.17) is 5.26 Å². The Morgan fingerprint density at radius 3 is 3.15 bits per heavy atom. The van der Waals surface area contributed by atoms with Crippen molar-refractivity contribution >= 4 is 5.52 Å². The largest absolute Gasteiger partial charge is 0.310 e. The minimum absolute atomic E-state index is 0.197. The first kappa shape index (κ1) is 7.49. The molecular formula is C7H5N5O. The van der Waals surface area contributed by atoms with Crippen molar-refractivity contribution in [3.63, 3.8) is 0 Å². The van der Waals surface area contributed by atoms with Crippen LogP contribution in [-0.4, -0.2) is 19.8 Å². The maximum absolute atomic E-state index is 11.3. The first-order valence-electron chi connectivity index (χ1n) is 3.57. The van der Waals surface area contributed by atoms with Crippen LogP contribution in [0.1, 0.15) is 11.3 Å². The molecule has 0 saturated heterocycles. The van der Waals surface area contributed by atoms with Gasteiger partial charge in [-0.2, -0.15) is 10.4 Å². The highest BCUT2D eigenvalue weighted by Gasteiger charge is 2.11. The molecular weight excluding hydrogens is 170 g/mol. The Labute approximate surface area is 72.4 Å². The van der Waals surface area contributed by atoms with E-state index in [-0.39, 0.29) is 16.6 Å². The van der Waals surface area contributed by atoms with Crippen molar-refractivity contribution in [2.45, 2.75) is 6.92 Å². The molecule has 0 bridgehead atoms. The van der Waals surface area contributed by atoms with Gasteiger partial charge in [0.15, 0.2) is 5.52 Å². The Morgan fingerprint density at radius 2 is 2.46 bits per heavy atom. The molecule has 0 amide bonds. The SMILES string of the molecule is Cc1nn2nc[nH]c(=O)c2c1C#N. The fourth-order valence-electron chi connectivity index (χ4n) is 1.15. The van der Waals surface area contributed by atoms with E-state index in [1.54, 1.807) is 6.92 Å². The highest BCUT2D eigenvalue weighted by Crippen LogP contribution is 2.07. The van der Waals surface area contributed by atoms with Crippen LogP contribution in [0.3, 0.4) is 0 Å². The molecule has 2 rings (SSSR count). The summed E-state index contributed by atoms with van der Waals surface area (Å²) in [6.45, 7) is 1.66. The van der Waals surface area contributed by atoms with E-state index in [9.17, 15) is 4.79 Å². The number of nitrogens with one attached hydrogen (secondary N) is 1. The molecule has 0 unspecified atom stereocenters. The molecule has 64 valence electrons. The normalized spacial score (nSPS) is 10.2. The van der Waals surface area contributed by atoms with Gasteiger partial charge in [0.2, 0.25) is 0 Å². The van der Waals surface area contributed by atoms with Crippen molar-refractivity contribution < 1.29 is 0 Å². The second kappa shape index (κ2) is 2.42. The quantitative estimate of drug-likeness (QED) is 0.590. The number of H-pyrrole nitrogens is 1. The molecule has 2 aromatic heterocycles. The number of hydrogen-bond donors (Lipinski definition) is 1. The summed E-state index contributed by atoms with van der Waals surface area (Å²) >= 11 is 0. The number of hydrogen-bond acceptors (Lipinski definition) is 4. The zero-order chi connectivity index (χ0) is 9.42. The maximum atomic E-state index is 11.3. The maximum Gasteiger partial charge on any atom is 0.278 e. The van der Waals surface area contributed by atoms with Crippen molar-refractivity contribution in [3.8, 4) is 6.07 Å². The highest BCUT2D eigenvalue weighted by molar-refractivity contribution is 5.60. The van der Waals surface area contributed by atoms with Gasteiger partial charge in [-0.25, -0.2) is 0 Å². The van der Waals surface area contributed by atoms with Crippen LogP contribution in [0.5, 0.6) is 0 Å². The summed E-state index contributed by atoms with van der Waals surface area (Å²) in [5.41, 5.74) is 0.621. The molecule has 2 aromatic rings. The van der Waals surface area contributed by atoms with Gasteiger partial charge in [-0.05, 0) is 6.92 Å². The first-order chi connectivity index (χ1) is 6.24. The second-order valence-corrected chi connectivity index (χ2v) is 2.53. The van der Waals surface area contributed by atoms with Gasteiger partial charge in [-0.3, -0.25) is 4.79 Å². The third-order valence-corrected chi connectivity index (χ3v) is 1.73. The summed E-state index contributed by atoms with van der Waals surface area (Å²) in [7, 11) is 0. The van der Waals surface area contributed by atoms with Gasteiger partial charge in [0.25, 0.3) is 5.56 Å². The van der Waals surface area contributed by atoms with Crippen LogP contribution in [0.25, 0.3) is 5.52 Å². The Morgan fingerprint density at radius 1 is 1.69 bits per heavy atom. The number of aromatic amines is 1. The Balaban J connectivity index is 3.08. The smallest absolute Gasteiger partial charge is 0.278 e. The van der Waals surface area contributed by atoms with E-state index in [1.807, 2.05) is 6.07 Å². The average molecular weight is 175 g/mol. The second-order valence-electron chi connectivity index (χ2n) is 2.53. The lowest BCUT2D eigenvalue weighted by Crippen LogP contribution is -2.11. The molecule has 2 heterocycles. The van der Waals surface area contributed by atoms with Crippen molar-refractivity contribution in [1.82, 2.24) is 19.8 Å². The summed E-state index contributed by atoms with van der Waals surface area (Å²) in [4.78, 5) is 13.6. The van der Waals surface area contributed by atoms with Crippen molar-refractivity contribution in [3.05, 3.63) is 27.9 Å². The lowest BCUT2D eigenvalue weighted by molar-refractivity contribution is 0.763. The topological polar surface area (TPSA) is 86.8 Å². The average Bonchev–Trinajstić information content (AvgIpc) is 2.42. The minimum Gasteiger partial charge on any atom is -0.310 e. The minimum atomic E-state index is -0.354. The van der Waals surface area contributed by atoms with Crippen LogP contribution in [-0.2, 0) is 0 Å². The van der Waals surface area contributed by atoms with Crippen molar-refractivity contribution in [2.75, 3.05) is 0 Å². The molecule has 13 heavy (non-hydrogen) atoms. The highest BCUT2D eigenvalue weighted by atomic mass is 16.1. The number of rotatable bonds is 0. The summed E-state index contributed by atoms with van der Waals surface area (Å²) in [6, 6.07) is 1.92. The van der Waals surface area contributed by atoms with Crippen LogP contribution in [0, 0.1) is 18.3 Å². The molecule has 0 aromatic carbocycles. The van der Waals surface area contributed by atoms with Crippen LogP contribution >= 0.6 is 0 Å². The third kappa shape index (κ3) is 0.906. The molecule has 0 aliphatic rings. The standard InChI is InChI=1S/C7H5N5O/c1-4-5(2-8)6-7(13)9-3-10-12(6)11-4/h3H,1H3,(H,9,10,13). The van der Waals surface area contributed by atoms with Gasteiger partial charge >= 0.3 is 0 Å². The Kier molecular flexibility index (Phi) is 1.39. The lowest BCUT2D eigenvalue weighted by atomic mass is 10.2. The van der Waals surface area contributed by atoms with Crippen LogP contribution < -0.4 is 5.56 Å². The number of nitriles is 1. The predicted molar refractivity (Wildman–Crippen MR) is 43.1 cm³/mol. The summed E-state index contributed by atoms with van der Waals surface area (Å²) in [5, 5.41) is 16.4. The van der Waals surface area contributed by atoms with E-state index in [0.29, 0.717) is 5.69 Å². The van der Waals surface area contributed by atoms with Crippen molar-refractivity contribution in [1.29, 1.82) is 5.26 Å². The number of aryl methyl sites for hydroxylation is 1. The van der Waals surface area contributed by atoms with Crippen LogP contribution in [0.4, 0.5) is 0 Å². The fourth-order valence-corrected chi connectivity index (χ4v) is 1.15. The van der Waals surface area contributed by atoms with Gasteiger partial charge in [0.1, 0.15) is 18.0 Å².